The number of anilines is 2. The average molecular weight is 488 g/mol. The zero-order chi connectivity index (χ0) is 24.8. The number of carbonyl (C=O) groups is 4. The number of carbonyl (C=O) groups excluding carboxylic acids is 3. The first kappa shape index (κ1) is 25.1. The lowest BCUT2D eigenvalue weighted by molar-refractivity contribution is -0.182. The molecule has 3 amide bonds. The maximum atomic E-state index is 14.9. The smallest absolute Gasteiger partial charge is 0.414 e. The Hall–Kier alpha value is -3.55. The van der Waals surface area contributed by atoms with Crippen LogP contribution < -0.4 is 15.1 Å². The fourth-order valence-electron chi connectivity index (χ4n) is 3.48. The maximum Gasteiger partial charge on any atom is 0.414 e. The molecule has 0 radical (unpaired) electrons. The Morgan fingerprint density at radius 3 is 2.62 bits per heavy atom. The molecular formula is C20H23F3N4O7. The van der Waals surface area contributed by atoms with Crippen molar-refractivity contribution in [1.82, 2.24) is 10.4 Å². The minimum Gasteiger partial charge on any atom is -0.481 e. The number of ether oxygens (including phenoxy) is 1. The van der Waals surface area contributed by atoms with Gasteiger partial charge in [-0.1, -0.05) is 0 Å². The van der Waals surface area contributed by atoms with Crippen LogP contribution in [-0.4, -0.2) is 85.9 Å². The van der Waals surface area contributed by atoms with Gasteiger partial charge in [-0.25, -0.2) is 14.2 Å². The van der Waals surface area contributed by atoms with Gasteiger partial charge < -0.3 is 20.1 Å². The minimum atomic E-state index is -3.19. The van der Waals surface area contributed by atoms with E-state index in [2.05, 4.69) is 0 Å². The van der Waals surface area contributed by atoms with Crippen molar-refractivity contribution in [3.63, 3.8) is 0 Å². The molecule has 0 aliphatic carbocycles. The molecule has 2 aliphatic rings. The van der Waals surface area contributed by atoms with Crippen LogP contribution in [0.25, 0.3) is 0 Å². The number of carboxylic acid groups (broad SMARTS) is 1. The number of rotatable bonds is 8. The van der Waals surface area contributed by atoms with E-state index >= 15 is 0 Å². The standard InChI is InChI=1S/C20H23F3N4O7/c21-14-9-12(26-11-13(34-20(26)32)10-24-19(31)18(22)23)1-2-15(14)25-5-6-27(33-8-7-25)16(28)3-4-17(29)30/h1-2,9,13,18H,3-8,10-11H2,(H,24,31)(H,29,30). The Morgan fingerprint density at radius 1 is 1.18 bits per heavy atom. The number of carboxylic acids is 1. The maximum absolute atomic E-state index is 14.9. The van der Waals surface area contributed by atoms with E-state index in [1.165, 1.54) is 12.1 Å². The average Bonchev–Trinajstić information content (AvgIpc) is 3.00. The number of halogens is 3. The van der Waals surface area contributed by atoms with Gasteiger partial charge in [-0.05, 0) is 18.2 Å². The quantitative estimate of drug-likeness (QED) is 0.554. The normalized spacial score (nSPS) is 18.6. The van der Waals surface area contributed by atoms with E-state index in [0.29, 0.717) is 0 Å². The van der Waals surface area contributed by atoms with E-state index < -0.39 is 42.2 Å². The Labute approximate surface area is 191 Å². The van der Waals surface area contributed by atoms with Crippen LogP contribution in [0.2, 0.25) is 0 Å². The van der Waals surface area contributed by atoms with Crippen LogP contribution in [0.5, 0.6) is 0 Å². The number of hydrogen-bond donors (Lipinski definition) is 2. The molecule has 2 aliphatic heterocycles. The number of nitrogens with one attached hydrogen (secondary N) is 1. The molecule has 0 spiro atoms. The summed E-state index contributed by atoms with van der Waals surface area (Å²) >= 11 is 0. The van der Waals surface area contributed by atoms with Gasteiger partial charge in [0.05, 0.1) is 44.0 Å². The number of hydroxylamine groups is 2. The molecule has 2 fully saturated rings. The molecule has 0 bridgehead atoms. The fourth-order valence-corrected chi connectivity index (χ4v) is 3.48. The summed E-state index contributed by atoms with van der Waals surface area (Å²) in [6, 6.07) is 4.06. The lowest BCUT2D eigenvalue weighted by Crippen LogP contribution is -2.37. The third-order valence-electron chi connectivity index (χ3n) is 5.17. The number of aliphatic carboxylic acids is 1. The van der Waals surface area contributed by atoms with Crippen molar-refractivity contribution in [3.05, 3.63) is 24.0 Å². The first-order valence-corrected chi connectivity index (χ1v) is 10.4. The van der Waals surface area contributed by atoms with Crippen molar-refractivity contribution in [2.24, 2.45) is 0 Å². The molecule has 0 aromatic heterocycles. The molecule has 0 saturated carbocycles. The van der Waals surface area contributed by atoms with E-state index in [1.54, 1.807) is 4.90 Å². The molecule has 1 atom stereocenters. The second kappa shape index (κ2) is 11.0. The highest BCUT2D eigenvalue weighted by Gasteiger charge is 2.33. The van der Waals surface area contributed by atoms with Crippen LogP contribution in [0, 0.1) is 5.82 Å². The Balaban J connectivity index is 1.59. The Morgan fingerprint density at radius 2 is 1.94 bits per heavy atom. The fraction of sp³-hybridized carbons (Fsp3) is 0.500. The largest absolute Gasteiger partial charge is 0.481 e. The Kier molecular flexibility index (Phi) is 8.15. The van der Waals surface area contributed by atoms with Gasteiger partial charge in [0.2, 0.25) is 5.91 Å². The highest BCUT2D eigenvalue weighted by molar-refractivity contribution is 5.90. The molecule has 34 heavy (non-hydrogen) atoms. The summed E-state index contributed by atoms with van der Waals surface area (Å²) in [6.45, 7) is 0.297. The predicted octanol–water partition coefficient (Wildman–Crippen LogP) is 0.977. The summed E-state index contributed by atoms with van der Waals surface area (Å²) in [5.41, 5.74) is 0.394. The molecule has 1 unspecified atom stereocenters. The first-order valence-electron chi connectivity index (χ1n) is 10.4. The third-order valence-corrected chi connectivity index (χ3v) is 5.17. The van der Waals surface area contributed by atoms with Crippen molar-refractivity contribution in [2.75, 3.05) is 49.1 Å². The van der Waals surface area contributed by atoms with E-state index in [1.807, 2.05) is 5.32 Å². The summed E-state index contributed by atoms with van der Waals surface area (Å²) in [7, 11) is 0. The van der Waals surface area contributed by atoms with Crippen LogP contribution in [0.3, 0.4) is 0 Å². The number of amides is 3. The van der Waals surface area contributed by atoms with E-state index in [4.69, 9.17) is 14.7 Å². The monoisotopic (exact) mass is 488 g/mol. The molecule has 14 heteroatoms. The SMILES string of the molecule is O=C(O)CCC(=O)N1CCN(c2ccc(N3CC(CNC(=O)C(F)F)OC3=O)cc2F)CCO1. The molecule has 2 heterocycles. The second-order valence-electron chi connectivity index (χ2n) is 7.51. The third kappa shape index (κ3) is 6.27. The van der Waals surface area contributed by atoms with Crippen molar-refractivity contribution in [3.8, 4) is 0 Å². The second-order valence-corrected chi connectivity index (χ2v) is 7.51. The van der Waals surface area contributed by atoms with Gasteiger partial charge in [0.15, 0.2) is 0 Å². The summed E-state index contributed by atoms with van der Waals surface area (Å²) < 4.78 is 44.5. The molecule has 11 nitrogen and oxygen atoms in total. The highest BCUT2D eigenvalue weighted by atomic mass is 19.3. The summed E-state index contributed by atoms with van der Waals surface area (Å²) in [5.74, 6) is -3.70. The minimum absolute atomic E-state index is 0.0634. The summed E-state index contributed by atoms with van der Waals surface area (Å²) in [4.78, 5) is 53.9. The van der Waals surface area contributed by atoms with E-state index in [0.717, 1.165) is 16.0 Å². The molecule has 1 aromatic carbocycles. The van der Waals surface area contributed by atoms with Crippen LogP contribution in [0.1, 0.15) is 12.8 Å². The van der Waals surface area contributed by atoms with Crippen LogP contribution in [0.15, 0.2) is 18.2 Å². The lowest BCUT2D eigenvalue weighted by atomic mass is 10.2. The van der Waals surface area contributed by atoms with Crippen molar-refractivity contribution >= 4 is 35.3 Å². The number of cyclic esters (lactones) is 1. The number of hydrogen-bond acceptors (Lipinski definition) is 7. The van der Waals surface area contributed by atoms with Gasteiger partial charge in [0, 0.05) is 19.5 Å². The summed E-state index contributed by atoms with van der Waals surface area (Å²) in [5, 5.41) is 11.7. The van der Waals surface area contributed by atoms with Gasteiger partial charge in [0.1, 0.15) is 11.9 Å². The van der Waals surface area contributed by atoms with Crippen molar-refractivity contribution < 1.29 is 47.0 Å². The van der Waals surface area contributed by atoms with Crippen LogP contribution in [-0.2, 0) is 24.0 Å². The predicted molar refractivity (Wildman–Crippen MR) is 110 cm³/mol. The summed E-state index contributed by atoms with van der Waals surface area (Å²) in [6.07, 6.45) is -5.39. The van der Waals surface area contributed by atoms with Gasteiger partial charge >= 0.3 is 18.5 Å². The highest BCUT2D eigenvalue weighted by Crippen LogP contribution is 2.28. The van der Waals surface area contributed by atoms with Gasteiger partial charge in [-0.2, -0.15) is 8.78 Å². The van der Waals surface area contributed by atoms with Gasteiger partial charge in [-0.15, -0.1) is 0 Å². The molecule has 3 rings (SSSR count). The number of nitrogens with zero attached hydrogens (tertiary/aromatic N) is 3. The molecule has 1 aromatic rings. The van der Waals surface area contributed by atoms with E-state index in [9.17, 15) is 32.3 Å². The van der Waals surface area contributed by atoms with Crippen molar-refractivity contribution in [1.29, 1.82) is 0 Å². The van der Waals surface area contributed by atoms with Crippen LogP contribution >= 0.6 is 0 Å². The zero-order valence-electron chi connectivity index (χ0n) is 17.9. The first-order chi connectivity index (χ1) is 16.2. The lowest BCUT2D eigenvalue weighted by Gasteiger charge is -2.24. The molecule has 186 valence electrons. The number of benzene rings is 1. The van der Waals surface area contributed by atoms with Crippen molar-refractivity contribution in [2.45, 2.75) is 25.4 Å². The topological polar surface area (TPSA) is 129 Å². The van der Waals surface area contributed by atoms with Gasteiger partial charge in [0.25, 0.3) is 5.91 Å². The van der Waals surface area contributed by atoms with Gasteiger partial charge in [-0.3, -0.25) is 24.1 Å². The molecule has 2 saturated heterocycles. The molecule has 2 N–H and O–H groups in total. The number of alkyl halides is 2. The Bertz CT molecular complexity index is 949. The van der Waals surface area contributed by atoms with E-state index in [-0.39, 0.29) is 63.5 Å². The van der Waals surface area contributed by atoms with Crippen LogP contribution in [0.4, 0.5) is 29.3 Å². The zero-order valence-corrected chi connectivity index (χ0v) is 17.9. The molecular weight excluding hydrogens is 465 g/mol.